The molecule has 2 aromatic rings. The van der Waals surface area contributed by atoms with E-state index in [2.05, 4.69) is 4.98 Å². The van der Waals surface area contributed by atoms with Gasteiger partial charge in [0.2, 0.25) is 5.91 Å². The summed E-state index contributed by atoms with van der Waals surface area (Å²) in [5.74, 6) is 0.108. The third kappa shape index (κ3) is 3.67. The fourth-order valence-corrected chi connectivity index (χ4v) is 3.05. The van der Waals surface area contributed by atoms with Gasteiger partial charge in [-0.15, -0.1) is 0 Å². The van der Waals surface area contributed by atoms with Gasteiger partial charge in [0.05, 0.1) is 5.25 Å². The van der Waals surface area contributed by atoms with Crippen LogP contribution in [0.1, 0.15) is 19.4 Å². The Balaban J connectivity index is 2.14. The molecule has 0 saturated carbocycles. The summed E-state index contributed by atoms with van der Waals surface area (Å²) < 4.78 is 1.93. The highest BCUT2D eigenvalue weighted by atomic mass is 32.2. The molecule has 5 heteroatoms. The summed E-state index contributed by atoms with van der Waals surface area (Å²) in [4.78, 5) is 18.8. The molecule has 0 spiro atoms. The van der Waals surface area contributed by atoms with Crippen molar-refractivity contribution in [3.05, 3.63) is 42.2 Å². The average molecular weight is 303 g/mol. The number of rotatable bonds is 5. The largest absolute Gasteiger partial charge is 0.329 e. The number of carbonyl (C=O) groups is 1. The highest BCUT2D eigenvalue weighted by molar-refractivity contribution is 8.00. The molecule has 1 aromatic heterocycles. The first-order valence-corrected chi connectivity index (χ1v) is 7.93. The van der Waals surface area contributed by atoms with Crippen LogP contribution in [-0.2, 0) is 11.8 Å². The molecule has 0 aliphatic rings. The van der Waals surface area contributed by atoms with Crippen LogP contribution >= 0.6 is 11.8 Å². The third-order valence-electron chi connectivity index (χ3n) is 3.30. The number of hydrogen-bond donors (Lipinski definition) is 0. The molecule has 0 saturated heterocycles. The fraction of sp³-hybridized carbons (Fsp3) is 0.375. The molecule has 0 N–H and O–H groups in total. The van der Waals surface area contributed by atoms with Crippen molar-refractivity contribution in [3.8, 4) is 0 Å². The van der Waals surface area contributed by atoms with Crippen LogP contribution in [0, 0.1) is 6.92 Å². The Morgan fingerprint density at radius 3 is 2.81 bits per heavy atom. The van der Waals surface area contributed by atoms with Gasteiger partial charge in [-0.25, -0.2) is 4.98 Å². The first-order valence-electron chi connectivity index (χ1n) is 7.05. The first-order chi connectivity index (χ1) is 10.0. The molecule has 1 aromatic carbocycles. The van der Waals surface area contributed by atoms with Crippen molar-refractivity contribution in [1.82, 2.24) is 9.55 Å². The summed E-state index contributed by atoms with van der Waals surface area (Å²) in [7, 11) is 1.94. The molecule has 21 heavy (non-hydrogen) atoms. The SMILES string of the molecule is CCN(C(=O)C(C)Sc1nccn1C)c1cccc(C)c1. The zero-order valence-corrected chi connectivity index (χ0v) is 13.7. The number of aryl methyl sites for hydroxylation is 2. The minimum Gasteiger partial charge on any atom is -0.329 e. The maximum absolute atomic E-state index is 12.7. The summed E-state index contributed by atoms with van der Waals surface area (Å²) in [5, 5.41) is 0.683. The Labute approximate surface area is 130 Å². The first kappa shape index (κ1) is 15.6. The molecule has 0 aliphatic carbocycles. The minimum absolute atomic E-state index is 0.108. The lowest BCUT2D eigenvalue weighted by molar-refractivity contribution is -0.117. The molecular weight excluding hydrogens is 282 g/mol. The number of carbonyl (C=O) groups excluding carboxylic acids is 1. The van der Waals surface area contributed by atoms with E-state index >= 15 is 0 Å². The second kappa shape index (κ2) is 6.80. The maximum Gasteiger partial charge on any atom is 0.240 e. The van der Waals surface area contributed by atoms with Crippen molar-refractivity contribution in [3.63, 3.8) is 0 Å². The van der Waals surface area contributed by atoms with Crippen molar-refractivity contribution >= 4 is 23.4 Å². The van der Waals surface area contributed by atoms with E-state index in [0.29, 0.717) is 6.54 Å². The van der Waals surface area contributed by atoms with Crippen LogP contribution in [0.3, 0.4) is 0 Å². The standard InChI is InChI=1S/C16H21N3OS/c1-5-19(14-8-6-7-12(2)11-14)15(20)13(3)21-16-17-9-10-18(16)4/h6-11,13H,5H2,1-4H3. The smallest absolute Gasteiger partial charge is 0.240 e. The van der Waals surface area contributed by atoms with Crippen LogP contribution in [0.5, 0.6) is 0 Å². The van der Waals surface area contributed by atoms with Gasteiger partial charge in [0.25, 0.3) is 0 Å². The molecule has 112 valence electrons. The van der Waals surface area contributed by atoms with Crippen LogP contribution < -0.4 is 4.90 Å². The molecule has 1 heterocycles. The highest BCUT2D eigenvalue weighted by Gasteiger charge is 2.23. The molecule has 4 nitrogen and oxygen atoms in total. The number of imidazole rings is 1. The van der Waals surface area contributed by atoms with Gasteiger partial charge in [-0.2, -0.15) is 0 Å². The van der Waals surface area contributed by atoms with E-state index in [1.807, 2.05) is 67.7 Å². The topological polar surface area (TPSA) is 38.1 Å². The fourth-order valence-electron chi connectivity index (χ4n) is 2.15. The summed E-state index contributed by atoms with van der Waals surface area (Å²) in [6.45, 7) is 6.63. The minimum atomic E-state index is -0.174. The molecule has 1 amide bonds. The summed E-state index contributed by atoms with van der Waals surface area (Å²) in [6.07, 6.45) is 3.63. The molecule has 2 rings (SSSR count). The lowest BCUT2D eigenvalue weighted by Gasteiger charge is -2.24. The van der Waals surface area contributed by atoms with Gasteiger partial charge >= 0.3 is 0 Å². The zero-order chi connectivity index (χ0) is 15.4. The Bertz CT molecular complexity index is 623. The van der Waals surface area contributed by atoms with Gasteiger partial charge in [0.15, 0.2) is 5.16 Å². The second-order valence-electron chi connectivity index (χ2n) is 5.00. The summed E-state index contributed by atoms with van der Waals surface area (Å²) >= 11 is 1.49. The monoisotopic (exact) mass is 303 g/mol. The average Bonchev–Trinajstić information content (AvgIpc) is 2.85. The lowest BCUT2D eigenvalue weighted by Crippen LogP contribution is -2.36. The van der Waals surface area contributed by atoms with Crippen LogP contribution in [0.2, 0.25) is 0 Å². The van der Waals surface area contributed by atoms with E-state index in [-0.39, 0.29) is 11.2 Å². The van der Waals surface area contributed by atoms with Crippen LogP contribution in [0.15, 0.2) is 41.8 Å². The Morgan fingerprint density at radius 2 is 2.24 bits per heavy atom. The molecule has 0 fully saturated rings. The van der Waals surface area contributed by atoms with Crippen molar-refractivity contribution in [2.24, 2.45) is 7.05 Å². The number of benzene rings is 1. The summed E-state index contributed by atoms with van der Waals surface area (Å²) in [5.41, 5.74) is 2.11. The second-order valence-corrected chi connectivity index (χ2v) is 6.31. The predicted molar refractivity (Wildman–Crippen MR) is 87.7 cm³/mol. The van der Waals surface area contributed by atoms with E-state index in [0.717, 1.165) is 16.4 Å². The van der Waals surface area contributed by atoms with Crippen LogP contribution in [0.4, 0.5) is 5.69 Å². The quantitative estimate of drug-likeness (QED) is 0.796. The van der Waals surface area contributed by atoms with Gasteiger partial charge in [0.1, 0.15) is 0 Å². The predicted octanol–water partition coefficient (Wildman–Crippen LogP) is 3.26. The maximum atomic E-state index is 12.7. The number of nitrogens with zero attached hydrogens (tertiary/aromatic N) is 3. The Hall–Kier alpha value is -1.75. The van der Waals surface area contributed by atoms with Crippen molar-refractivity contribution in [2.45, 2.75) is 31.2 Å². The Morgan fingerprint density at radius 1 is 1.48 bits per heavy atom. The van der Waals surface area contributed by atoms with Crippen LogP contribution in [-0.4, -0.2) is 27.3 Å². The molecule has 0 bridgehead atoms. The third-order valence-corrected chi connectivity index (χ3v) is 4.46. The Kier molecular flexibility index (Phi) is 5.07. The molecule has 0 radical (unpaired) electrons. The normalized spacial score (nSPS) is 12.2. The van der Waals surface area contributed by atoms with E-state index in [1.54, 1.807) is 6.20 Å². The number of amides is 1. The van der Waals surface area contributed by atoms with Crippen LogP contribution in [0.25, 0.3) is 0 Å². The molecule has 1 atom stereocenters. The lowest BCUT2D eigenvalue weighted by atomic mass is 10.2. The number of anilines is 1. The van der Waals surface area contributed by atoms with Gasteiger partial charge in [0, 0.05) is 31.7 Å². The number of hydrogen-bond acceptors (Lipinski definition) is 3. The highest BCUT2D eigenvalue weighted by Crippen LogP contribution is 2.25. The molecule has 1 unspecified atom stereocenters. The van der Waals surface area contributed by atoms with Gasteiger partial charge in [-0.3, -0.25) is 4.79 Å². The molecule has 0 aliphatic heterocycles. The van der Waals surface area contributed by atoms with Gasteiger partial charge in [-0.05, 0) is 38.5 Å². The van der Waals surface area contributed by atoms with Crippen molar-refractivity contribution < 1.29 is 4.79 Å². The van der Waals surface area contributed by atoms with E-state index in [1.165, 1.54) is 11.8 Å². The van der Waals surface area contributed by atoms with Crippen molar-refractivity contribution in [2.75, 3.05) is 11.4 Å². The van der Waals surface area contributed by atoms with E-state index < -0.39 is 0 Å². The molecular formula is C16H21N3OS. The van der Waals surface area contributed by atoms with Crippen molar-refractivity contribution in [1.29, 1.82) is 0 Å². The van der Waals surface area contributed by atoms with Gasteiger partial charge in [-0.1, -0.05) is 23.9 Å². The van der Waals surface area contributed by atoms with E-state index in [4.69, 9.17) is 0 Å². The summed E-state index contributed by atoms with van der Waals surface area (Å²) in [6, 6.07) is 8.04. The van der Waals surface area contributed by atoms with Gasteiger partial charge < -0.3 is 9.47 Å². The zero-order valence-electron chi connectivity index (χ0n) is 12.9. The number of aromatic nitrogens is 2. The van der Waals surface area contributed by atoms with E-state index in [9.17, 15) is 4.79 Å². The number of thioether (sulfide) groups is 1.